The summed E-state index contributed by atoms with van der Waals surface area (Å²) in [5, 5.41) is 12.9. The third kappa shape index (κ3) is 6.20. The molecule has 0 bridgehead atoms. The van der Waals surface area contributed by atoms with Gasteiger partial charge in [0.15, 0.2) is 17.6 Å². The Bertz CT molecular complexity index is 862. The number of benzene rings is 2. The Morgan fingerprint density at radius 3 is 2.44 bits per heavy atom. The summed E-state index contributed by atoms with van der Waals surface area (Å²) in [6.45, 7) is 1.44. The van der Waals surface area contributed by atoms with Gasteiger partial charge in [0, 0.05) is 21.8 Å². The number of anilines is 1. The van der Waals surface area contributed by atoms with Crippen LogP contribution in [0.4, 0.5) is 5.69 Å². The molecule has 142 valence electrons. The highest BCUT2D eigenvalue weighted by Crippen LogP contribution is 2.26. The van der Waals surface area contributed by atoms with E-state index in [1.807, 2.05) is 0 Å². The summed E-state index contributed by atoms with van der Waals surface area (Å²) in [5.74, 6) is -0.961. The van der Waals surface area contributed by atoms with Crippen LogP contribution < -0.4 is 10.1 Å². The third-order valence-electron chi connectivity index (χ3n) is 3.41. The number of carbonyl (C=O) groups excluding carboxylic acids is 2. The van der Waals surface area contributed by atoms with Gasteiger partial charge in [-0.05, 0) is 48.9 Å². The second-order valence-electron chi connectivity index (χ2n) is 5.49. The summed E-state index contributed by atoms with van der Waals surface area (Å²) in [5.41, 5.74) is 1.01. The van der Waals surface area contributed by atoms with Crippen LogP contribution in [-0.4, -0.2) is 30.2 Å². The number of aromatic hydroxyl groups is 1. The summed E-state index contributed by atoms with van der Waals surface area (Å²) in [7, 11) is 1.42. The number of halogens is 2. The van der Waals surface area contributed by atoms with Crippen molar-refractivity contribution in [3.05, 3.63) is 58.1 Å². The molecule has 0 radical (unpaired) electrons. The van der Waals surface area contributed by atoms with Crippen LogP contribution in [0.1, 0.15) is 12.5 Å². The van der Waals surface area contributed by atoms with E-state index < -0.39 is 18.0 Å². The van der Waals surface area contributed by atoms with Crippen molar-refractivity contribution in [3.8, 4) is 11.5 Å². The van der Waals surface area contributed by atoms with Crippen LogP contribution in [0.3, 0.4) is 0 Å². The number of hydrogen-bond donors (Lipinski definition) is 2. The maximum absolute atomic E-state index is 12.1. The van der Waals surface area contributed by atoms with Crippen molar-refractivity contribution in [2.75, 3.05) is 12.4 Å². The lowest BCUT2D eigenvalue weighted by molar-refractivity contribution is -0.148. The molecule has 2 aromatic carbocycles. The quantitative estimate of drug-likeness (QED) is 0.548. The fourth-order valence-electron chi connectivity index (χ4n) is 2.10. The first kappa shape index (κ1) is 20.6. The summed E-state index contributed by atoms with van der Waals surface area (Å²) in [6.07, 6.45) is 1.62. The molecule has 0 fully saturated rings. The van der Waals surface area contributed by atoms with E-state index in [9.17, 15) is 14.7 Å². The maximum atomic E-state index is 12.1. The van der Waals surface area contributed by atoms with E-state index in [4.69, 9.17) is 32.7 Å². The summed E-state index contributed by atoms with van der Waals surface area (Å²) in [6, 6.07) is 9.18. The lowest BCUT2D eigenvalue weighted by Gasteiger charge is -2.12. The van der Waals surface area contributed by atoms with Gasteiger partial charge in [-0.3, -0.25) is 4.79 Å². The number of nitrogens with one attached hydrogen (secondary N) is 1. The minimum Gasteiger partial charge on any atom is -0.504 e. The van der Waals surface area contributed by atoms with E-state index in [1.165, 1.54) is 50.5 Å². The van der Waals surface area contributed by atoms with Crippen molar-refractivity contribution < 1.29 is 24.2 Å². The molecule has 0 saturated heterocycles. The van der Waals surface area contributed by atoms with Gasteiger partial charge in [-0.2, -0.15) is 0 Å². The van der Waals surface area contributed by atoms with Gasteiger partial charge < -0.3 is 19.9 Å². The Balaban J connectivity index is 1.95. The van der Waals surface area contributed by atoms with Gasteiger partial charge in [0.1, 0.15) is 0 Å². The van der Waals surface area contributed by atoms with Crippen LogP contribution in [0, 0.1) is 0 Å². The van der Waals surface area contributed by atoms with E-state index in [0.717, 1.165) is 0 Å². The molecule has 0 spiro atoms. The van der Waals surface area contributed by atoms with Crippen LogP contribution in [-0.2, 0) is 14.3 Å². The van der Waals surface area contributed by atoms with Gasteiger partial charge in [-0.1, -0.05) is 29.3 Å². The lowest BCUT2D eigenvalue weighted by Crippen LogP contribution is -2.29. The van der Waals surface area contributed by atoms with Crippen LogP contribution in [0.5, 0.6) is 11.5 Å². The van der Waals surface area contributed by atoms with Gasteiger partial charge in [0.2, 0.25) is 0 Å². The average Bonchev–Trinajstić information content (AvgIpc) is 2.60. The molecule has 2 rings (SSSR count). The van der Waals surface area contributed by atoms with Crippen molar-refractivity contribution >= 4 is 46.8 Å². The molecule has 0 aliphatic rings. The van der Waals surface area contributed by atoms with Crippen molar-refractivity contribution in [1.82, 2.24) is 0 Å². The van der Waals surface area contributed by atoms with E-state index in [-0.39, 0.29) is 11.5 Å². The zero-order valence-corrected chi connectivity index (χ0v) is 16.0. The van der Waals surface area contributed by atoms with Crippen molar-refractivity contribution in [2.24, 2.45) is 0 Å². The largest absolute Gasteiger partial charge is 0.504 e. The van der Waals surface area contributed by atoms with E-state index in [2.05, 4.69) is 5.32 Å². The first-order valence-electron chi connectivity index (χ1n) is 7.81. The monoisotopic (exact) mass is 409 g/mol. The molecular weight excluding hydrogens is 393 g/mol. The Labute approximate surface area is 166 Å². The van der Waals surface area contributed by atoms with E-state index in [1.54, 1.807) is 12.1 Å². The van der Waals surface area contributed by atoms with Crippen LogP contribution in [0.2, 0.25) is 10.0 Å². The van der Waals surface area contributed by atoms with Crippen LogP contribution in [0.25, 0.3) is 6.08 Å². The van der Waals surface area contributed by atoms with Crippen LogP contribution >= 0.6 is 23.2 Å². The number of phenols is 1. The van der Waals surface area contributed by atoms with Crippen molar-refractivity contribution in [1.29, 1.82) is 0 Å². The van der Waals surface area contributed by atoms with Crippen LogP contribution in [0.15, 0.2) is 42.5 Å². The molecule has 0 saturated carbocycles. The molecule has 0 aliphatic heterocycles. The molecule has 8 heteroatoms. The van der Waals surface area contributed by atoms with Crippen molar-refractivity contribution in [3.63, 3.8) is 0 Å². The molecule has 1 atom stereocenters. The summed E-state index contributed by atoms with van der Waals surface area (Å²) >= 11 is 11.7. The second kappa shape index (κ2) is 9.30. The zero-order valence-electron chi connectivity index (χ0n) is 14.5. The molecule has 0 aliphatic carbocycles. The molecule has 0 heterocycles. The SMILES string of the molecule is COc1cc(/C=C/C(=O)O[C@H](C)C(=O)Nc2cc(Cl)cc(Cl)c2)ccc1O. The molecule has 1 amide bonds. The fraction of sp³-hybridized carbons (Fsp3) is 0.158. The molecule has 6 nitrogen and oxygen atoms in total. The van der Waals surface area contributed by atoms with Gasteiger partial charge in [0.25, 0.3) is 5.91 Å². The third-order valence-corrected chi connectivity index (χ3v) is 3.84. The zero-order chi connectivity index (χ0) is 20.0. The first-order valence-corrected chi connectivity index (χ1v) is 8.56. The van der Waals surface area contributed by atoms with Crippen molar-refractivity contribution in [2.45, 2.75) is 13.0 Å². The van der Waals surface area contributed by atoms with E-state index >= 15 is 0 Å². The number of hydrogen-bond acceptors (Lipinski definition) is 5. The minimum atomic E-state index is -1.03. The summed E-state index contributed by atoms with van der Waals surface area (Å²) < 4.78 is 10.1. The Kier molecular flexibility index (Phi) is 7.10. The number of amides is 1. The Morgan fingerprint density at radius 1 is 1.15 bits per heavy atom. The second-order valence-corrected chi connectivity index (χ2v) is 6.36. The fourth-order valence-corrected chi connectivity index (χ4v) is 2.63. The number of esters is 1. The topological polar surface area (TPSA) is 84.9 Å². The summed E-state index contributed by atoms with van der Waals surface area (Å²) in [4.78, 5) is 24.0. The highest BCUT2D eigenvalue weighted by Gasteiger charge is 2.17. The number of phenolic OH excluding ortho intramolecular Hbond substituents is 1. The molecular formula is C19H17Cl2NO5. The number of carbonyl (C=O) groups is 2. The average molecular weight is 410 g/mol. The molecule has 0 aromatic heterocycles. The molecule has 27 heavy (non-hydrogen) atoms. The molecule has 0 unspecified atom stereocenters. The van der Waals surface area contributed by atoms with Gasteiger partial charge in [-0.15, -0.1) is 0 Å². The predicted molar refractivity (Wildman–Crippen MR) is 104 cm³/mol. The smallest absolute Gasteiger partial charge is 0.331 e. The first-order chi connectivity index (χ1) is 12.8. The van der Waals surface area contributed by atoms with Gasteiger partial charge in [-0.25, -0.2) is 4.79 Å². The Morgan fingerprint density at radius 2 is 1.81 bits per heavy atom. The molecule has 2 N–H and O–H groups in total. The number of ether oxygens (including phenoxy) is 2. The highest BCUT2D eigenvalue weighted by atomic mass is 35.5. The predicted octanol–water partition coefficient (Wildman–Crippen LogP) is 4.29. The number of methoxy groups -OCH3 is 1. The normalized spacial score (nSPS) is 11.9. The highest BCUT2D eigenvalue weighted by molar-refractivity contribution is 6.35. The van der Waals surface area contributed by atoms with Gasteiger partial charge in [0.05, 0.1) is 7.11 Å². The minimum absolute atomic E-state index is 0.0105. The Hall–Kier alpha value is -2.70. The van der Waals surface area contributed by atoms with E-state index in [0.29, 0.717) is 21.3 Å². The molecule has 2 aromatic rings. The van der Waals surface area contributed by atoms with Gasteiger partial charge >= 0.3 is 5.97 Å². The lowest BCUT2D eigenvalue weighted by atomic mass is 10.2. The maximum Gasteiger partial charge on any atom is 0.331 e. The number of rotatable bonds is 6. The standard InChI is InChI=1S/C19H17Cl2NO5/c1-11(19(25)22-15-9-13(20)8-14(21)10-15)27-18(24)6-4-12-3-5-16(23)17(7-12)26-2/h3-11,23H,1-2H3,(H,22,25)/b6-4+/t11-/m1/s1.